The van der Waals surface area contributed by atoms with Gasteiger partial charge in [0, 0.05) is 36.2 Å². The van der Waals surface area contributed by atoms with E-state index < -0.39 is 17.9 Å². The van der Waals surface area contributed by atoms with Gasteiger partial charge in [-0.15, -0.1) is 0 Å². The maximum atomic E-state index is 12.9. The molecular formula is C24H24N4O6. The number of imide groups is 1. The van der Waals surface area contributed by atoms with Gasteiger partial charge in [-0.25, -0.2) is 0 Å². The molecule has 0 bridgehead atoms. The number of rotatable bonds is 6. The highest BCUT2D eigenvalue weighted by Crippen LogP contribution is 2.30. The maximum Gasteiger partial charge on any atom is 0.256 e. The molecule has 0 radical (unpaired) electrons. The second-order valence-corrected chi connectivity index (χ2v) is 8.63. The summed E-state index contributed by atoms with van der Waals surface area (Å²) in [6, 6.07) is 7.42. The monoisotopic (exact) mass is 464 g/mol. The van der Waals surface area contributed by atoms with Crippen LogP contribution >= 0.6 is 0 Å². The molecule has 1 aliphatic carbocycles. The quantitative estimate of drug-likeness (QED) is 0.626. The van der Waals surface area contributed by atoms with E-state index in [1.165, 1.54) is 12.0 Å². The van der Waals surface area contributed by atoms with E-state index in [2.05, 4.69) is 15.6 Å². The van der Waals surface area contributed by atoms with Crippen LogP contribution in [-0.4, -0.2) is 52.8 Å². The minimum absolute atomic E-state index is 0.164. The molecule has 34 heavy (non-hydrogen) atoms. The number of benzene rings is 1. The molecule has 1 saturated carbocycles. The van der Waals surface area contributed by atoms with Crippen molar-refractivity contribution >= 4 is 29.4 Å². The Morgan fingerprint density at radius 3 is 2.68 bits per heavy atom. The average molecular weight is 464 g/mol. The molecule has 4 amide bonds. The number of methoxy groups -OCH3 is 1. The van der Waals surface area contributed by atoms with Gasteiger partial charge >= 0.3 is 0 Å². The van der Waals surface area contributed by atoms with Gasteiger partial charge in [-0.1, -0.05) is 0 Å². The van der Waals surface area contributed by atoms with Crippen molar-refractivity contribution in [3.63, 3.8) is 0 Å². The lowest BCUT2D eigenvalue weighted by Gasteiger charge is -2.29. The molecule has 5 rings (SSSR count). The highest BCUT2D eigenvalue weighted by molar-refractivity contribution is 6.07. The molecule has 0 spiro atoms. The Hall–Kier alpha value is -3.95. The number of carbonyl (C=O) groups excluding carboxylic acids is 4. The summed E-state index contributed by atoms with van der Waals surface area (Å²) >= 11 is 0. The average Bonchev–Trinajstić information content (AvgIpc) is 3.11. The van der Waals surface area contributed by atoms with E-state index in [1.54, 1.807) is 30.3 Å². The number of ether oxygens (including phenoxy) is 2. The zero-order valence-electron chi connectivity index (χ0n) is 18.6. The van der Waals surface area contributed by atoms with Crippen molar-refractivity contribution in [1.29, 1.82) is 0 Å². The van der Waals surface area contributed by atoms with Crippen molar-refractivity contribution in [1.82, 2.24) is 15.2 Å². The van der Waals surface area contributed by atoms with Crippen LogP contribution < -0.4 is 20.1 Å². The SMILES string of the molecule is COc1cc(OC2CCC2)cc(NC(=O)c2ccc3c(c2)CN(C2CCC(=O)NC2=O)C3=O)n1. The fourth-order valence-electron chi connectivity index (χ4n) is 4.30. The van der Waals surface area contributed by atoms with Crippen LogP contribution in [0.15, 0.2) is 30.3 Å². The minimum atomic E-state index is -0.704. The third-order valence-corrected chi connectivity index (χ3v) is 6.37. The first kappa shape index (κ1) is 21.9. The summed E-state index contributed by atoms with van der Waals surface area (Å²) in [4.78, 5) is 55.2. The molecule has 1 saturated heterocycles. The molecule has 1 aromatic heterocycles. The van der Waals surface area contributed by atoms with Gasteiger partial charge in [0.05, 0.1) is 13.2 Å². The van der Waals surface area contributed by atoms with Crippen molar-refractivity contribution in [2.24, 2.45) is 0 Å². The van der Waals surface area contributed by atoms with Crippen LogP contribution in [0.25, 0.3) is 0 Å². The van der Waals surface area contributed by atoms with E-state index in [4.69, 9.17) is 9.47 Å². The first-order valence-corrected chi connectivity index (χ1v) is 11.2. The number of pyridine rings is 1. The Kier molecular flexibility index (Phi) is 5.64. The number of anilines is 1. The molecule has 3 heterocycles. The van der Waals surface area contributed by atoms with Crippen LogP contribution in [0.3, 0.4) is 0 Å². The number of amides is 4. The molecule has 2 fully saturated rings. The Morgan fingerprint density at radius 2 is 1.97 bits per heavy atom. The van der Waals surface area contributed by atoms with E-state index in [0.29, 0.717) is 34.1 Å². The third-order valence-electron chi connectivity index (χ3n) is 6.37. The largest absolute Gasteiger partial charge is 0.490 e. The second kappa shape index (κ2) is 8.77. The molecule has 1 aromatic carbocycles. The number of aromatic nitrogens is 1. The van der Waals surface area contributed by atoms with E-state index >= 15 is 0 Å². The molecule has 10 heteroatoms. The molecule has 3 aliphatic rings. The summed E-state index contributed by atoms with van der Waals surface area (Å²) in [5.41, 5.74) is 1.44. The molecular weight excluding hydrogens is 440 g/mol. The zero-order valence-corrected chi connectivity index (χ0v) is 18.6. The van der Waals surface area contributed by atoms with Crippen molar-refractivity contribution in [3.05, 3.63) is 47.0 Å². The highest BCUT2D eigenvalue weighted by atomic mass is 16.5. The highest BCUT2D eigenvalue weighted by Gasteiger charge is 2.39. The number of fused-ring (bicyclic) bond motifs is 1. The standard InChI is InChI=1S/C24H24N4O6/c1-33-21-11-16(34-15-3-2-4-15)10-19(25-21)26-22(30)13-5-6-17-14(9-13)12-28(24(17)32)18-7-8-20(29)27-23(18)31/h5-6,9-11,15,18H,2-4,7-8,12H2,1H3,(H,25,26,30)(H,27,29,31). The third kappa shape index (κ3) is 4.18. The second-order valence-electron chi connectivity index (χ2n) is 8.63. The summed E-state index contributed by atoms with van der Waals surface area (Å²) in [7, 11) is 1.49. The summed E-state index contributed by atoms with van der Waals surface area (Å²) in [6.45, 7) is 0.193. The minimum Gasteiger partial charge on any atom is -0.490 e. The molecule has 10 nitrogen and oxygen atoms in total. The predicted octanol–water partition coefficient (Wildman–Crippen LogP) is 2.03. The number of hydrogen-bond acceptors (Lipinski definition) is 7. The molecule has 2 N–H and O–H groups in total. The van der Waals surface area contributed by atoms with Crippen molar-refractivity contribution in [2.75, 3.05) is 12.4 Å². The van der Waals surface area contributed by atoms with E-state index in [1.807, 2.05) is 0 Å². The van der Waals surface area contributed by atoms with Gasteiger partial charge in [-0.3, -0.25) is 24.5 Å². The van der Waals surface area contributed by atoms with Crippen LogP contribution in [0, 0.1) is 0 Å². The Bertz CT molecular complexity index is 1190. The predicted molar refractivity (Wildman–Crippen MR) is 119 cm³/mol. The molecule has 1 unspecified atom stereocenters. The Labute approximate surface area is 195 Å². The Balaban J connectivity index is 1.31. The first-order valence-electron chi connectivity index (χ1n) is 11.2. The summed E-state index contributed by atoms with van der Waals surface area (Å²) in [5.74, 6) is -0.303. The van der Waals surface area contributed by atoms with Crippen LogP contribution in [0.5, 0.6) is 11.6 Å². The van der Waals surface area contributed by atoms with Crippen molar-refractivity contribution < 1.29 is 28.7 Å². The van der Waals surface area contributed by atoms with Gasteiger partial charge < -0.3 is 19.7 Å². The number of nitrogens with zero attached hydrogens (tertiary/aromatic N) is 2. The van der Waals surface area contributed by atoms with Crippen molar-refractivity contribution in [2.45, 2.75) is 50.8 Å². The van der Waals surface area contributed by atoms with Gasteiger partial charge in [0.1, 0.15) is 17.6 Å². The lowest BCUT2D eigenvalue weighted by Crippen LogP contribution is -2.52. The lowest BCUT2D eigenvalue weighted by molar-refractivity contribution is -0.136. The van der Waals surface area contributed by atoms with Gasteiger partial charge in [-0.2, -0.15) is 4.98 Å². The van der Waals surface area contributed by atoms with E-state index in [0.717, 1.165) is 19.3 Å². The van der Waals surface area contributed by atoms with Crippen molar-refractivity contribution in [3.8, 4) is 11.6 Å². The van der Waals surface area contributed by atoms with Crippen LogP contribution in [0.4, 0.5) is 5.82 Å². The molecule has 1 atom stereocenters. The zero-order chi connectivity index (χ0) is 23.8. The summed E-state index contributed by atoms with van der Waals surface area (Å²) in [5, 5.41) is 5.04. The number of nitrogens with one attached hydrogen (secondary N) is 2. The van der Waals surface area contributed by atoms with Crippen LogP contribution in [0.2, 0.25) is 0 Å². The topological polar surface area (TPSA) is 127 Å². The van der Waals surface area contributed by atoms with Crippen LogP contribution in [0.1, 0.15) is 58.4 Å². The fraction of sp³-hybridized carbons (Fsp3) is 0.375. The smallest absolute Gasteiger partial charge is 0.256 e. The molecule has 2 aromatic rings. The van der Waals surface area contributed by atoms with Gasteiger partial charge in [0.2, 0.25) is 17.7 Å². The van der Waals surface area contributed by atoms with E-state index in [9.17, 15) is 19.2 Å². The van der Waals surface area contributed by atoms with Gasteiger partial charge in [0.25, 0.3) is 11.8 Å². The Morgan fingerprint density at radius 1 is 1.15 bits per heavy atom. The number of carbonyl (C=O) groups is 4. The van der Waals surface area contributed by atoms with Gasteiger partial charge in [-0.05, 0) is 49.4 Å². The lowest BCUT2D eigenvalue weighted by atomic mass is 9.96. The normalized spacial score (nSPS) is 19.9. The number of hydrogen-bond donors (Lipinski definition) is 2. The maximum absolute atomic E-state index is 12.9. The fourth-order valence-corrected chi connectivity index (χ4v) is 4.30. The molecule has 176 valence electrons. The van der Waals surface area contributed by atoms with Crippen LogP contribution in [-0.2, 0) is 16.1 Å². The number of piperidine rings is 1. The van der Waals surface area contributed by atoms with Gasteiger partial charge in [0.15, 0.2) is 0 Å². The first-order chi connectivity index (χ1) is 16.4. The van der Waals surface area contributed by atoms with E-state index in [-0.39, 0.29) is 37.3 Å². The summed E-state index contributed by atoms with van der Waals surface area (Å²) in [6.07, 6.45) is 3.76. The summed E-state index contributed by atoms with van der Waals surface area (Å²) < 4.78 is 11.1. The molecule has 2 aliphatic heterocycles.